The Morgan fingerprint density at radius 2 is 1.93 bits per heavy atom. The van der Waals surface area contributed by atoms with Crippen molar-refractivity contribution >= 4 is 29.3 Å². The van der Waals surface area contributed by atoms with E-state index in [9.17, 15) is 4.79 Å². The van der Waals surface area contributed by atoms with Gasteiger partial charge in [0.15, 0.2) is 11.0 Å². The number of carbonyl (C=O) groups excluding carboxylic acids is 1. The highest BCUT2D eigenvalue weighted by molar-refractivity contribution is 7.99. The lowest BCUT2D eigenvalue weighted by Gasteiger charge is -2.14. The largest absolute Gasteiger partial charge is 0.349 e. The van der Waals surface area contributed by atoms with Crippen LogP contribution >= 0.6 is 23.4 Å². The highest BCUT2D eigenvalue weighted by Crippen LogP contribution is 2.24. The van der Waals surface area contributed by atoms with Gasteiger partial charge in [0.05, 0.1) is 11.8 Å². The Bertz CT molecular complexity index is 941. The Balaban J connectivity index is 1.65. The van der Waals surface area contributed by atoms with Crippen LogP contribution in [0.1, 0.15) is 18.5 Å². The number of hydrogen-bond donors (Lipinski definition) is 1. The molecule has 144 valence electrons. The van der Waals surface area contributed by atoms with Crippen molar-refractivity contribution in [3.8, 4) is 11.4 Å². The summed E-state index contributed by atoms with van der Waals surface area (Å²) in [5.74, 6) is 0.946. The third kappa shape index (κ3) is 5.03. The van der Waals surface area contributed by atoms with E-state index in [2.05, 4.69) is 22.1 Å². The number of halogens is 1. The van der Waals surface area contributed by atoms with Crippen molar-refractivity contribution in [3.05, 3.63) is 77.8 Å². The van der Waals surface area contributed by atoms with E-state index in [1.165, 1.54) is 11.8 Å². The fourth-order valence-electron chi connectivity index (χ4n) is 2.74. The first-order valence-electron chi connectivity index (χ1n) is 8.85. The van der Waals surface area contributed by atoms with E-state index < -0.39 is 0 Å². The molecule has 1 N–H and O–H groups in total. The average molecular weight is 413 g/mol. The second kappa shape index (κ2) is 9.57. The molecular formula is C21H21ClN4OS. The van der Waals surface area contributed by atoms with Crippen LogP contribution in [-0.2, 0) is 11.3 Å². The molecule has 0 aliphatic carbocycles. The zero-order chi connectivity index (χ0) is 19.9. The molecule has 5 nitrogen and oxygen atoms in total. The van der Waals surface area contributed by atoms with Crippen LogP contribution in [0.3, 0.4) is 0 Å². The number of thioether (sulfide) groups is 1. The van der Waals surface area contributed by atoms with Crippen LogP contribution in [0.5, 0.6) is 0 Å². The normalized spacial score (nSPS) is 11.8. The minimum absolute atomic E-state index is 0.0677. The topological polar surface area (TPSA) is 59.8 Å². The van der Waals surface area contributed by atoms with Gasteiger partial charge in [-0.05, 0) is 24.6 Å². The number of nitrogens with one attached hydrogen (secondary N) is 1. The van der Waals surface area contributed by atoms with E-state index in [0.717, 1.165) is 17.0 Å². The number of allylic oxidation sites excluding steroid dienone is 1. The van der Waals surface area contributed by atoms with Gasteiger partial charge in [0, 0.05) is 17.1 Å². The molecule has 0 fully saturated rings. The van der Waals surface area contributed by atoms with Gasteiger partial charge in [-0.3, -0.25) is 9.36 Å². The van der Waals surface area contributed by atoms with Gasteiger partial charge in [0.25, 0.3) is 0 Å². The van der Waals surface area contributed by atoms with Gasteiger partial charge >= 0.3 is 0 Å². The molecule has 3 aromatic rings. The number of amides is 1. The van der Waals surface area contributed by atoms with E-state index in [4.69, 9.17) is 11.6 Å². The second-order valence-electron chi connectivity index (χ2n) is 6.20. The van der Waals surface area contributed by atoms with Crippen molar-refractivity contribution in [1.82, 2.24) is 20.1 Å². The molecule has 1 unspecified atom stereocenters. The van der Waals surface area contributed by atoms with Crippen molar-refractivity contribution in [1.29, 1.82) is 0 Å². The molecule has 0 bridgehead atoms. The van der Waals surface area contributed by atoms with Crippen molar-refractivity contribution in [3.63, 3.8) is 0 Å². The molecule has 0 saturated heterocycles. The average Bonchev–Trinajstić information content (AvgIpc) is 3.10. The highest BCUT2D eigenvalue weighted by Gasteiger charge is 2.16. The molecule has 0 spiro atoms. The molecule has 1 heterocycles. The number of aromatic nitrogens is 3. The summed E-state index contributed by atoms with van der Waals surface area (Å²) < 4.78 is 1.96. The molecule has 0 radical (unpaired) electrons. The van der Waals surface area contributed by atoms with Crippen LogP contribution < -0.4 is 5.32 Å². The summed E-state index contributed by atoms with van der Waals surface area (Å²) in [5, 5.41) is 12.9. The smallest absolute Gasteiger partial charge is 0.230 e. The lowest BCUT2D eigenvalue weighted by atomic mass is 10.1. The fraction of sp³-hybridized carbons (Fsp3) is 0.190. The summed E-state index contributed by atoms with van der Waals surface area (Å²) in [4.78, 5) is 12.4. The molecule has 7 heteroatoms. The minimum Gasteiger partial charge on any atom is -0.349 e. The fourth-order valence-corrected chi connectivity index (χ4v) is 3.62. The maximum atomic E-state index is 12.4. The van der Waals surface area contributed by atoms with Gasteiger partial charge in [0.2, 0.25) is 5.91 Å². The van der Waals surface area contributed by atoms with Gasteiger partial charge in [0.1, 0.15) is 0 Å². The molecule has 2 aromatic carbocycles. The van der Waals surface area contributed by atoms with Crippen molar-refractivity contribution < 1.29 is 4.79 Å². The van der Waals surface area contributed by atoms with Crippen LogP contribution in [0.15, 0.2) is 72.4 Å². The van der Waals surface area contributed by atoms with E-state index in [1.807, 2.05) is 66.1 Å². The van der Waals surface area contributed by atoms with Gasteiger partial charge in [-0.1, -0.05) is 71.9 Å². The van der Waals surface area contributed by atoms with Gasteiger partial charge in [-0.2, -0.15) is 0 Å². The Morgan fingerprint density at radius 1 is 1.21 bits per heavy atom. The van der Waals surface area contributed by atoms with Crippen molar-refractivity contribution in [2.24, 2.45) is 0 Å². The molecular weight excluding hydrogens is 392 g/mol. The highest BCUT2D eigenvalue weighted by atomic mass is 35.5. The Labute approximate surface area is 173 Å². The summed E-state index contributed by atoms with van der Waals surface area (Å²) in [7, 11) is 0. The minimum atomic E-state index is -0.101. The van der Waals surface area contributed by atoms with Gasteiger partial charge in [-0.15, -0.1) is 16.8 Å². The number of rotatable bonds is 8. The number of hydrogen-bond acceptors (Lipinski definition) is 4. The van der Waals surface area contributed by atoms with Gasteiger partial charge < -0.3 is 5.32 Å². The molecule has 1 amide bonds. The quantitative estimate of drug-likeness (QED) is 0.428. The molecule has 3 rings (SSSR count). The zero-order valence-electron chi connectivity index (χ0n) is 15.5. The zero-order valence-corrected chi connectivity index (χ0v) is 17.1. The lowest BCUT2D eigenvalue weighted by molar-refractivity contribution is -0.119. The summed E-state index contributed by atoms with van der Waals surface area (Å²) in [6.45, 7) is 6.33. The Kier molecular flexibility index (Phi) is 6.90. The van der Waals surface area contributed by atoms with Crippen molar-refractivity contribution in [2.45, 2.75) is 24.7 Å². The number of carbonyl (C=O) groups is 1. The molecule has 0 aliphatic rings. The van der Waals surface area contributed by atoms with Crippen LogP contribution in [-0.4, -0.2) is 26.4 Å². The molecule has 0 saturated carbocycles. The van der Waals surface area contributed by atoms with E-state index >= 15 is 0 Å². The predicted octanol–water partition coefficient (Wildman–Crippen LogP) is 4.75. The first-order chi connectivity index (χ1) is 13.6. The molecule has 1 aromatic heterocycles. The summed E-state index contributed by atoms with van der Waals surface area (Å²) in [5.41, 5.74) is 1.98. The second-order valence-corrected chi connectivity index (χ2v) is 7.58. The van der Waals surface area contributed by atoms with E-state index in [-0.39, 0.29) is 17.7 Å². The molecule has 28 heavy (non-hydrogen) atoms. The van der Waals surface area contributed by atoms with Crippen LogP contribution in [0.4, 0.5) is 0 Å². The predicted molar refractivity (Wildman–Crippen MR) is 114 cm³/mol. The standard InChI is InChI=1S/C21H21ClN4OS/c1-3-13-26-20(17-7-5-4-6-8-17)24-25-21(26)28-14-19(27)23-15(2)16-9-11-18(22)12-10-16/h3-12,15H,1,13-14H2,2H3,(H,23,27). The number of nitrogens with zero attached hydrogens (tertiary/aromatic N) is 3. The maximum absolute atomic E-state index is 12.4. The first kappa shape index (κ1) is 20.2. The third-order valence-electron chi connectivity index (χ3n) is 4.14. The molecule has 1 atom stereocenters. The Hall–Kier alpha value is -2.57. The SMILES string of the molecule is C=CCn1c(SCC(=O)NC(C)c2ccc(Cl)cc2)nnc1-c1ccccc1. The summed E-state index contributed by atoms with van der Waals surface area (Å²) in [6, 6.07) is 17.2. The third-order valence-corrected chi connectivity index (χ3v) is 5.36. The van der Waals surface area contributed by atoms with E-state index in [0.29, 0.717) is 16.7 Å². The Morgan fingerprint density at radius 3 is 2.61 bits per heavy atom. The number of benzene rings is 2. The maximum Gasteiger partial charge on any atom is 0.230 e. The van der Waals surface area contributed by atoms with Crippen LogP contribution in [0.2, 0.25) is 5.02 Å². The monoisotopic (exact) mass is 412 g/mol. The van der Waals surface area contributed by atoms with E-state index in [1.54, 1.807) is 6.08 Å². The lowest BCUT2D eigenvalue weighted by Crippen LogP contribution is -2.28. The van der Waals surface area contributed by atoms with Gasteiger partial charge in [-0.25, -0.2) is 0 Å². The van der Waals surface area contributed by atoms with Crippen molar-refractivity contribution in [2.75, 3.05) is 5.75 Å². The molecule has 0 aliphatic heterocycles. The summed E-state index contributed by atoms with van der Waals surface area (Å²) >= 11 is 7.27. The summed E-state index contributed by atoms with van der Waals surface area (Å²) in [6.07, 6.45) is 1.79. The van der Waals surface area contributed by atoms with Crippen LogP contribution in [0.25, 0.3) is 11.4 Å². The van der Waals surface area contributed by atoms with Crippen LogP contribution in [0, 0.1) is 0 Å². The first-order valence-corrected chi connectivity index (χ1v) is 10.2.